The van der Waals surface area contributed by atoms with Crippen LogP contribution in [0.1, 0.15) is 264 Å². The number of unbranched alkanes of at least 4 members (excludes halogenated alkanes) is 28. The van der Waals surface area contributed by atoms with E-state index in [0.29, 0.717) is 19.4 Å². The summed E-state index contributed by atoms with van der Waals surface area (Å²) in [5.41, 5.74) is 0. The summed E-state index contributed by atoms with van der Waals surface area (Å²) in [7, 11) is 0. The van der Waals surface area contributed by atoms with Crippen LogP contribution in [0.15, 0.2) is 85.1 Å². The number of hydrogen-bond acceptors (Lipinski definition) is 10. The molecule has 1 fully saturated rings. The van der Waals surface area contributed by atoms with Crippen LogP contribution in [0, 0.1) is 0 Å². The van der Waals surface area contributed by atoms with Gasteiger partial charge in [0.05, 0.1) is 32.0 Å². The molecule has 0 aromatic carbocycles. The molecule has 1 aliphatic rings. The maximum Gasteiger partial charge on any atom is 0.305 e. The molecule has 0 bridgehead atoms. The van der Waals surface area contributed by atoms with Gasteiger partial charge in [-0.15, -0.1) is 0 Å². The van der Waals surface area contributed by atoms with Crippen molar-refractivity contribution in [2.45, 2.75) is 307 Å². The van der Waals surface area contributed by atoms with E-state index in [1.54, 1.807) is 6.08 Å². The number of allylic oxidation sites excluding steroid dienone is 13. The van der Waals surface area contributed by atoms with E-state index >= 15 is 0 Å². The maximum atomic E-state index is 13.0. The lowest BCUT2D eigenvalue weighted by atomic mass is 9.99. The number of aliphatic hydroxyl groups excluding tert-OH is 5. The summed E-state index contributed by atoms with van der Waals surface area (Å²) in [6.45, 7) is 4.19. The summed E-state index contributed by atoms with van der Waals surface area (Å²) < 4.78 is 16.7. The van der Waals surface area contributed by atoms with Gasteiger partial charge in [0.1, 0.15) is 24.4 Å². The Morgan fingerprint density at radius 1 is 0.474 bits per heavy atom. The van der Waals surface area contributed by atoms with E-state index < -0.39 is 49.5 Å². The normalized spacial score (nSPS) is 19.1. The van der Waals surface area contributed by atoms with Crippen molar-refractivity contribution in [2.24, 2.45) is 0 Å². The Morgan fingerprint density at radius 3 is 1.40 bits per heavy atom. The predicted octanol–water partition coefficient (Wildman–Crippen LogP) is 15.3. The second kappa shape index (κ2) is 55.7. The van der Waals surface area contributed by atoms with Crippen LogP contribution in [0.25, 0.3) is 0 Å². The number of carbonyl (C=O) groups is 2. The molecule has 6 N–H and O–H groups in total. The molecule has 1 amide bonds. The molecule has 0 aromatic rings. The maximum absolute atomic E-state index is 13.0. The van der Waals surface area contributed by atoms with E-state index in [2.05, 4.69) is 92.1 Å². The highest BCUT2D eigenvalue weighted by atomic mass is 16.7. The molecule has 7 atom stereocenters. The van der Waals surface area contributed by atoms with Gasteiger partial charge in [0.15, 0.2) is 6.29 Å². The van der Waals surface area contributed by atoms with Crippen LogP contribution in [0.4, 0.5) is 0 Å². The van der Waals surface area contributed by atoms with Gasteiger partial charge in [0, 0.05) is 12.8 Å². The van der Waals surface area contributed by atoms with Crippen LogP contribution in [-0.4, -0.2) is 100 Å². The Kier molecular flexibility index (Phi) is 52.1. The van der Waals surface area contributed by atoms with Crippen molar-refractivity contribution in [1.29, 1.82) is 0 Å². The lowest BCUT2D eigenvalue weighted by Gasteiger charge is -2.40. The van der Waals surface area contributed by atoms with Crippen molar-refractivity contribution in [3.63, 3.8) is 0 Å². The van der Waals surface area contributed by atoms with Crippen molar-refractivity contribution < 1.29 is 49.3 Å². The fourth-order valence-corrected chi connectivity index (χ4v) is 9.34. The first kappa shape index (κ1) is 72.9. The van der Waals surface area contributed by atoms with E-state index in [1.807, 2.05) is 6.08 Å². The molecule has 1 rings (SSSR count). The molecule has 1 aliphatic heterocycles. The van der Waals surface area contributed by atoms with Crippen molar-refractivity contribution in [3.8, 4) is 0 Å². The molecule has 1 saturated heterocycles. The van der Waals surface area contributed by atoms with Gasteiger partial charge >= 0.3 is 5.97 Å². The summed E-state index contributed by atoms with van der Waals surface area (Å²) in [5, 5.41) is 54.3. The first-order valence-corrected chi connectivity index (χ1v) is 31.9. The molecular weight excluding hydrogens is 979 g/mol. The van der Waals surface area contributed by atoms with Crippen LogP contribution >= 0.6 is 0 Å². The Labute approximate surface area is 476 Å². The number of aliphatic hydroxyl groups is 5. The first-order chi connectivity index (χ1) is 38.2. The van der Waals surface area contributed by atoms with Gasteiger partial charge in [-0.3, -0.25) is 9.59 Å². The molecule has 7 unspecified atom stereocenters. The smallest absolute Gasteiger partial charge is 0.305 e. The molecule has 78 heavy (non-hydrogen) atoms. The minimum Gasteiger partial charge on any atom is -0.466 e. The van der Waals surface area contributed by atoms with E-state index in [9.17, 15) is 35.1 Å². The summed E-state index contributed by atoms with van der Waals surface area (Å²) >= 11 is 0. The molecule has 11 nitrogen and oxygen atoms in total. The van der Waals surface area contributed by atoms with Gasteiger partial charge in [0.25, 0.3) is 0 Å². The molecule has 0 aliphatic carbocycles. The molecule has 0 saturated carbocycles. The summed E-state index contributed by atoms with van der Waals surface area (Å²) in [5.74, 6) is -0.224. The number of carbonyl (C=O) groups excluding carboxylic acids is 2. The Hall–Kier alpha value is -3.16. The van der Waals surface area contributed by atoms with Gasteiger partial charge in [-0.05, 0) is 109 Å². The van der Waals surface area contributed by atoms with Gasteiger partial charge < -0.3 is 45.1 Å². The van der Waals surface area contributed by atoms with E-state index in [1.165, 1.54) is 128 Å². The summed E-state index contributed by atoms with van der Waals surface area (Å²) in [6, 6.07) is -0.841. The zero-order valence-electron chi connectivity index (χ0n) is 49.6. The minimum absolute atomic E-state index is 0.0188. The minimum atomic E-state index is -1.58. The second-order valence-corrected chi connectivity index (χ2v) is 21.7. The average molecular weight is 1100 g/mol. The topological polar surface area (TPSA) is 175 Å². The van der Waals surface area contributed by atoms with Crippen molar-refractivity contribution in [2.75, 3.05) is 19.8 Å². The number of esters is 1. The highest BCUT2D eigenvalue weighted by molar-refractivity contribution is 5.76. The van der Waals surface area contributed by atoms with Gasteiger partial charge in [-0.1, -0.05) is 227 Å². The van der Waals surface area contributed by atoms with Gasteiger partial charge in [-0.2, -0.15) is 0 Å². The second-order valence-electron chi connectivity index (χ2n) is 21.7. The summed E-state index contributed by atoms with van der Waals surface area (Å²) in [4.78, 5) is 25.1. The highest BCUT2D eigenvalue weighted by Crippen LogP contribution is 2.23. The number of hydrogen-bond donors (Lipinski definition) is 6. The fourth-order valence-electron chi connectivity index (χ4n) is 9.34. The van der Waals surface area contributed by atoms with Crippen LogP contribution in [-0.2, 0) is 23.8 Å². The number of rotatable bonds is 54. The molecule has 0 spiro atoms. The third-order valence-corrected chi connectivity index (χ3v) is 14.4. The third-order valence-electron chi connectivity index (χ3n) is 14.4. The Morgan fingerprint density at radius 2 is 0.897 bits per heavy atom. The van der Waals surface area contributed by atoms with Crippen LogP contribution in [0.2, 0.25) is 0 Å². The SMILES string of the molecule is CCC/C=C\C/C=C\CCCCCCCC(=O)OCCCCCCCCCCC/C=C\C/C=C\CCCCCCCCCCCC(=O)NC(COC1OC(CO)C(O)C(O)C1O)C(O)/C=C/CC/C=C/CC/C=C/CCCC. The highest BCUT2D eigenvalue weighted by Gasteiger charge is 2.44. The van der Waals surface area contributed by atoms with E-state index in [4.69, 9.17) is 14.2 Å². The zero-order valence-corrected chi connectivity index (χ0v) is 49.6. The molecule has 11 heteroatoms. The van der Waals surface area contributed by atoms with E-state index in [0.717, 1.165) is 109 Å². The zero-order chi connectivity index (χ0) is 56.6. The van der Waals surface area contributed by atoms with Crippen LogP contribution in [0.3, 0.4) is 0 Å². The van der Waals surface area contributed by atoms with Crippen molar-refractivity contribution >= 4 is 11.9 Å². The lowest BCUT2D eigenvalue weighted by molar-refractivity contribution is -0.302. The third kappa shape index (κ3) is 44.6. The molecule has 0 radical (unpaired) electrons. The van der Waals surface area contributed by atoms with E-state index in [-0.39, 0.29) is 18.5 Å². The predicted molar refractivity (Wildman–Crippen MR) is 324 cm³/mol. The quantitative estimate of drug-likeness (QED) is 0.0195. The Balaban J connectivity index is 2.05. The first-order valence-electron chi connectivity index (χ1n) is 31.9. The van der Waals surface area contributed by atoms with Crippen LogP contribution in [0.5, 0.6) is 0 Å². The standard InChI is InChI=1S/C67H117NO10/c1-3-5-7-9-11-13-15-30-35-39-43-47-51-55-63(72)76-56-52-48-44-40-36-32-29-27-25-23-21-19-17-18-20-22-24-26-28-31-34-38-42-46-50-54-62(71)68-59(58-77-67-66(75)65(74)64(73)61(57-69)78-67)60(70)53-49-45-41-37-33-16-14-12-10-8-6-4-2/h7,9-10,12-13,15,18-21,33,37,49,53,59-61,64-67,69-70,73-75H,3-6,8,11,14,16-17,22-32,34-36,38-48,50-52,54-58H2,1-2H3,(H,68,71)/b9-7-,12-10+,15-13-,20-18-,21-19-,37-33+,53-49+. The fraction of sp³-hybridized carbons (Fsp3) is 0.761. The van der Waals surface area contributed by atoms with Gasteiger partial charge in [0.2, 0.25) is 5.91 Å². The number of nitrogens with one attached hydrogen (secondary N) is 1. The monoisotopic (exact) mass is 1100 g/mol. The van der Waals surface area contributed by atoms with Gasteiger partial charge in [-0.25, -0.2) is 0 Å². The van der Waals surface area contributed by atoms with Crippen LogP contribution < -0.4 is 5.32 Å². The lowest BCUT2D eigenvalue weighted by Crippen LogP contribution is -2.60. The largest absolute Gasteiger partial charge is 0.466 e. The Bertz CT molecular complexity index is 1570. The van der Waals surface area contributed by atoms with Crippen molar-refractivity contribution in [3.05, 3.63) is 85.1 Å². The summed E-state index contributed by atoms with van der Waals surface area (Å²) in [6.07, 6.45) is 65.5. The number of ether oxygens (including phenoxy) is 3. The molecule has 450 valence electrons. The molecule has 1 heterocycles. The van der Waals surface area contributed by atoms with Crippen molar-refractivity contribution in [1.82, 2.24) is 5.32 Å². The average Bonchev–Trinajstić information content (AvgIpc) is 3.44. The number of amides is 1. The molecular formula is C67H117NO10. The molecule has 0 aromatic heterocycles.